The van der Waals surface area contributed by atoms with Gasteiger partial charge in [0.1, 0.15) is 5.75 Å². The standard InChI is InChI=1S/C11H14N2O3/c1-8(2)16-10-5-3-9(4-6-10)11(15)13-12-7-14/h3-8H,1-2H3,(H,12,14)(H,13,15). The molecule has 0 unspecified atom stereocenters. The van der Waals surface area contributed by atoms with Gasteiger partial charge in [-0.25, -0.2) is 0 Å². The van der Waals surface area contributed by atoms with Crippen LogP contribution in [0.15, 0.2) is 24.3 Å². The van der Waals surface area contributed by atoms with E-state index >= 15 is 0 Å². The Morgan fingerprint density at radius 2 is 1.94 bits per heavy atom. The third kappa shape index (κ3) is 3.61. The van der Waals surface area contributed by atoms with Crippen molar-refractivity contribution in [2.24, 2.45) is 0 Å². The third-order valence-corrected chi connectivity index (χ3v) is 1.73. The molecule has 2 N–H and O–H groups in total. The molecule has 0 atom stereocenters. The molecule has 1 aromatic rings. The van der Waals surface area contributed by atoms with Crippen molar-refractivity contribution in [2.45, 2.75) is 20.0 Å². The molecule has 0 bridgehead atoms. The first kappa shape index (κ1) is 12.0. The Balaban J connectivity index is 2.63. The molecule has 5 nitrogen and oxygen atoms in total. The van der Waals surface area contributed by atoms with Crippen molar-refractivity contribution in [1.82, 2.24) is 10.9 Å². The van der Waals surface area contributed by atoms with Gasteiger partial charge in [0, 0.05) is 5.56 Å². The largest absolute Gasteiger partial charge is 0.491 e. The summed E-state index contributed by atoms with van der Waals surface area (Å²) in [6.45, 7) is 3.85. The Hall–Kier alpha value is -2.04. The molecule has 86 valence electrons. The molecule has 0 fully saturated rings. The van der Waals surface area contributed by atoms with Crippen LogP contribution in [-0.4, -0.2) is 18.4 Å². The minimum atomic E-state index is -0.372. The number of rotatable bonds is 5. The van der Waals surface area contributed by atoms with Crippen LogP contribution in [0.3, 0.4) is 0 Å². The molecule has 1 aromatic carbocycles. The van der Waals surface area contributed by atoms with Gasteiger partial charge >= 0.3 is 0 Å². The second-order valence-corrected chi connectivity index (χ2v) is 3.41. The summed E-state index contributed by atoms with van der Waals surface area (Å²) in [5, 5.41) is 0. The van der Waals surface area contributed by atoms with E-state index in [4.69, 9.17) is 4.74 Å². The lowest BCUT2D eigenvalue weighted by Crippen LogP contribution is -2.36. The molecular weight excluding hydrogens is 208 g/mol. The number of hydrogen-bond acceptors (Lipinski definition) is 3. The molecule has 16 heavy (non-hydrogen) atoms. The molecule has 0 spiro atoms. The maximum atomic E-state index is 11.4. The lowest BCUT2D eigenvalue weighted by Gasteiger charge is -2.09. The predicted octanol–water partition coefficient (Wildman–Crippen LogP) is 0.865. The second kappa shape index (κ2) is 5.75. The van der Waals surface area contributed by atoms with Gasteiger partial charge in [0.15, 0.2) is 0 Å². The summed E-state index contributed by atoms with van der Waals surface area (Å²) >= 11 is 0. The van der Waals surface area contributed by atoms with E-state index in [0.29, 0.717) is 17.7 Å². The zero-order valence-electron chi connectivity index (χ0n) is 9.19. The fourth-order valence-corrected chi connectivity index (χ4v) is 1.12. The first-order valence-corrected chi connectivity index (χ1v) is 4.89. The average molecular weight is 222 g/mol. The van der Waals surface area contributed by atoms with Gasteiger partial charge in [0.05, 0.1) is 6.10 Å². The number of ether oxygens (including phenoxy) is 1. The molecule has 0 aromatic heterocycles. The van der Waals surface area contributed by atoms with E-state index in [2.05, 4.69) is 10.9 Å². The zero-order valence-corrected chi connectivity index (χ0v) is 9.19. The molecule has 0 aliphatic heterocycles. The molecular formula is C11H14N2O3. The minimum absolute atomic E-state index is 0.0939. The van der Waals surface area contributed by atoms with E-state index in [1.54, 1.807) is 24.3 Å². The summed E-state index contributed by atoms with van der Waals surface area (Å²) in [7, 11) is 0. The Morgan fingerprint density at radius 1 is 1.31 bits per heavy atom. The molecule has 0 aliphatic carbocycles. The van der Waals surface area contributed by atoms with Gasteiger partial charge in [-0.05, 0) is 38.1 Å². The Morgan fingerprint density at radius 3 is 2.44 bits per heavy atom. The summed E-state index contributed by atoms with van der Waals surface area (Å²) in [6, 6.07) is 6.66. The Bertz CT molecular complexity index is 360. The Kier molecular flexibility index (Phi) is 4.32. The number of carbonyl (C=O) groups is 2. The fourth-order valence-electron chi connectivity index (χ4n) is 1.12. The van der Waals surface area contributed by atoms with Crippen LogP contribution >= 0.6 is 0 Å². The summed E-state index contributed by atoms with van der Waals surface area (Å²) in [5.41, 5.74) is 4.74. The van der Waals surface area contributed by atoms with Crippen LogP contribution in [0.1, 0.15) is 24.2 Å². The van der Waals surface area contributed by atoms with Crippen molar-refractivity contribution >= 4 is 12.3 Å². The highest BCUT2D eigenvalue weighted by atomic mass is 16.5. The fraction of sp³-hybridized carbons (Fsp3) is 0.273. The van der Waals surface area contributed by atoms with E-state index in [1.165, 1.54) is 0 Å². The normalized spacial score (nSPS) is 9.69. The van der Waals surface area contributed by atoms with Crippen molar-refractivity contribution in [3.05, 3.63) is 29.8 Å². The van der Waals surface area contributed by atoms with Crippen molar-refractivity contribution in [2.75, 3.05) is 0 Å². The predicted molar refractivity (Wildman–Crippen MR) is 58.9 cm³/mol. The smallest absolute Gasteiger partial charge is 0.269 e. The summed E-state index contributed by atoms with van der Waals surface area (Å²) in [4.78, 5) is 21.3. The number of benzene rings is 1. The molecule has 0 radical (unpaired) electrons. The van der Waals surface area contributed by atoms with Gasteiger partial charge in [-0.3, -0.25) is 20.4 Å². The monoisotopic (exact) mass is 222 g/mol. The zero-order chi connectivity index (χ0) is 12.0. The van der Waals surface area contributed by atoms with Gasteiger partial charge in [0.2, 0.25) is 6.41 Å². The van der Waals surface area contributed by atoms with Crippen molar-refractivity contribution in [1.29, 1.82) is 0 Å². The molecule has 0 saturated heterocycles. The first-order chi connectivity index (χ1) is 7.63. The summed E-state index contributed by atoms with van der Waals surface area (Å²) < 4.78 is 5.43. The van der Waals surface area contributed by atoms with E-state index < -0.39 is 0 Å². The number of amides is 2. The van der Waals surface area contributed by atoms with Crippen LogP contribution in [0, 0.1) is 0 Å². The van der Waals surface area contributed by atoms with Crippen molar-refractivity contribution in [3.63, 3.8) is 0 Å². The number of hydrazine groups is 1. The molecule has 1 rings (SSSR count). The van der Waals surface area contributed by atoms with Crippen molar-refractivity contribution < 1.29 is 14.3 Å². The van der Waals surface area contributed by atoms with E-state index in [1.807, 2.05) is 13.8 Å². The SMILES string of the molecule is CC(C)Oc1ccc(C(=O)NNC=O)cc1. The average Bonchev–Trinajstić information content (AvgIpc) is 2.26. The number of hydrogen-bond donors (Lipinski definition) is 2. The quantitative estimate of drug-likeness (QED) is 0.573. The topological polar surface area (TPSA) is 67.4 Å². The number of nitrogens with one attached hydrogen (secondary N) is 2. The summed E-state index contributed by atoms with van der Waals surface area (Å²) in [6.07, 6.45) is 0.491. The maximum Gasteiger partial charge on any atom is 0.269 e. The number of carbonyl (C=O) groups excluding carboxylic acids is 2. The van der Waals surface area contributed by atoms with Gasteiger partial charge in [-0.1, -0.05) is 0 Å². The van der Waals surface area contributed by atoms with Gasteiger partial charge < -0.3 is 4.74 Å². The lowest BCUT2D eigenvalue weighted by molar-refractivity contribution is -0.110. The van der Waals surface area contributed by atoms with Crippen LogP contribution in [0.25, 0.3) is 0 Å². The van der Waals surface area contributed by atoms with Crippen LogP contribution in [0.2, 0.25) is 0 Å². The van der Waals surface area contributed by atoms with Crippen LogP contribution in [0.4, 0.5) is 0 Å². The molecule has 5 heteroatoms. The van der Waals surface area contributed by atoms with Gasteiger partial charge in [0.25, 0.3) is 5.91 Å². The third-order valence-electron chi connectivity index (χ3n) is 1.73. The second-order valence-electron chi connectivity index (χ2n) is 3.41. The molecule has 0 saturated carbocycles. The maximum absolute atomic E-state index is 11.4. The highest BCUT2D eigenvalue weighted by Gasteiger charge is 2.04. The van der Waals surface area contributed by atoms with Gasteiger partial charge in [-0.2, -0.15) is 0 Å². The lowest BCUT2D eigenvalue weighted by atomic mass is 10.2. The van der Waals surface area contributed by atoms with Crippen LogP contribution in [0.5, 0.6) is 5.75 Å². The summed E-state index contributed by atoms with van der Waals surface area (Å²) in [5.74, 6) is 0.332. The van der Waals surface area contributed by atoms with Crippen LogP contribution < -0.4 is 15.6 Å². The van der Waals surface area contributed by atoms with Gasteiger partial charge in [-0.15, -0.1) is 0 Å². The molecule has 2 amide bonds. The van der Waals surface area contributed by atoms with Crippen molar-refractivity contribution in [3.8, 4) is 5.75 Å². The minimum Gasteiger partial charge on any atom is -0.491 e. The van der Waals surface area contributed by atoms with E-state index in [0.717, 1.165) is 0 Å². The molecule has 0 aliphatic rings. The highest BCUT2D eigenvalue weighted by molar-refractivity contribution is 5.94. The van der Waals surface area contributed by atoms with E-state index in [9.17, 15) is 9.59 Å². The van der Waals surface area contributed by atoms with E-state index in [-0.39, 0.29) is 12.0 Å². The first-order valence-electron chi connectivity index (χ1n) is 4.89. The molecule has 0 heterocycles. The Labute approximate surface area is 93.8 Å². The highest BCUT2D eigenvalue weighted by Crippen LogP contribution is 2.13. The van der Waals surface area contributed by atoms with Crippen LogP contribution in [-0.2, 0) is 4.79 Å².